The van der Waals surface area contributed by atoms with Crippen LogP contribution in [0, 0.1) is 18.3 Å². The lowest BCUT2D eigenvalue weighted by Gasteiger charge is -2.14. The number of hydrogen-bond acceptors (Lipinski definition) is 3. The van der Waals surface area contributed by atoms with Gasteiger partial charge in [0.1, 0.15) is 11.6 Å². The molecule has 0 bridgehead atoms. The van der Waals surface area contributed by atoms with Gasteiger partial charge in [-0.05, 0) is 31.4 Å². The van der Waals surface area contributed by atoms with E-state index in [9.17, 15) is 9.59 Å². The van der Waals surface area contributed by atoms with Crippen molar-refractivity contribution in [3.05, 3.63) is 29.3 Å². The number of anilines is 1. The van der Waals surface area contributed by atoms with Crippen LogP contribution in [-0.4, -0.2) is 22.6 Å². The van der Waals surface area contributed by atoms with E-state index in [4.69, 9.17) is 10.4 Å². The molecule has 1 fully saturated rings. The number of urea groups is 1. The van der Waals surface area contributed by atoms with E-state index in [0.717, 1.165) is 5.56 Å². The summed E-state index contributed by atoms with van der Waals surface area (Å²) in [5.74, 6) is -1.03. The Morgan fingerprint density at radius 2 is 2.11 bits per heavy atom. The average molecular weight is 259 g/mol. The Bertz CT molecular complexity index is 585. The predicted octanol–water partition coefficient (Wildman–Crippen LogP) is 1.61. The summed E-state index contributed by atoms with van der Waals surface area (Å²) in [6, 6.07) is 6.49. The van der Waals surface area contributed by atoms with Crippen molar-refractivity contribution in [2.24, 2.45) is 0 Å². The number of aryl methyl sites for hydroxylation is 1. The maximum atomic E-state index is 11.8. The highest BCUT2D eigenvalue weighted by atomic mass is 16.4. The highest BCUT2D eigenvalue weighted by Crippen LogP contribution is 2.35. The fraction of sp³-hybridized carbons (Fsp3) is 0.308. The number of amides is 2. The van der Waals surface area contributed by atoms with Crippen molar-refractivity contribution in [1.29, 1.82) is 5.26 Å². The number of nitrogens with one attached hydrogen (secondary N) is 2. The number of hydrogen-bond donors (Lipinski definition) is 3. The minimum Gasteiger partial charge on any atom is -0.480 e. The lowest BCUT2D eigenvalue weighted by molar-refractivity contribution is -0.140. The largest absolute Gasteiger partial charge is 0.480 e. The van der Waals surface area contributed by atoms with E-state index < -0.39 is 17.5 Å². The Morgan fingerprint density at radius 3 is 2.63 bits per heavy atom. The molecule has 1 aliphatic carbocycles. The van der Waals surface area contributed by atoms with Crippen LogP contribution in [0.1, 0.15) is 24.0 Å². The molecule has 3 N–H and O–H groups in total. The van der Waals surface area contributed by atoms with E-state index in [-0.39, 0.29) is 0 Å². The Kier molecular flexibility index (Phi) is 3.13. The zero-order valence-corrected chi connectivity index (χ0v) is 10.4. The molecule has 0 aromatic heterocycles. The number of nitrogens with zero attached hydrogens (tertiary/aromatic N) is 1. The minimum atomic E-state index is -1.14. The van der Waals surface area contributed by atoms with Gasteiger partial charge >= 0.3 is 12.0 Å². The van der Waals surface area contributed by atoms with Crippen LogP contribution < -0.4 is 10.6 Å². The normalized spacial score (nSPS) is 15.2. The minimum absolute atomic E-state index is 0.373. The summed E-state index contributed by atoms with van der Waals surface area (Å²) >= 11 is 0. The quantitative estimate of drug-likeness (QED) is 0.767. The van der Waals surface area contributed by atoms with E-state index >= 15 is 0 Å². The molecule has 6 nitrogen and oxygen atoms in total. The number of aliphatic carboxylic acids is 1. The van der Waals surface area contributed by atoms with Gasteiger partial charge in [-0.25, -0.2) is 9.59 Å². The topological polar surface area (TPSA) is 102 Å². The number of nitriles is 1. The molecular weight excluding hydrogens is 246 g/mol. The summed E-state index contributed by atoms with van der Waals surface area (Å²) in [6.07, 6.45) is 0.851. The molecule has 19 heavy (non-hydrogen) atoms. The van der Waals surface area contributed by atoms with Gasteiger partial charge in [0.05, 0.1) is 11.3 Å². The SMILES string of the molecule is Cc1cccc(NC(=O)NC2(C(=O)O)CC2)c1C#N. The van der Waals surface area contributed by atoms with Gasteiger partial charge in [0.15, 0.2) is 0 Å². The molecule has 0 radical (unpaired) electrons. The zero-order chi connectivity index (χ0) is 14.0. The van der Waals surface area contributed by atoms with Gasteiger partial charge in [-0.1, -0.05) is 12.1 Å². The molecule has 0 spiro atoms. The molecule has 1 aromatic rings. The molecule has 2 amide bonds. The smallest absolute Gasteiger partial charge is 0.329 e. The molecule has 6 heteroatoms. The standard InChI is InChI=1S/C13H13N3O3/c1-8-3-2-4-10(9(8)7-14)15-12(19)16-13(5-6-13)11(17)18/h2-4H,5-6H2,1H3,(H,17,18)(H2,15,16,19). The van der Waals surface area contributed by atoms with Crippen molar-refractivity contribution in [3.8, 4) is 6.07 Å². The average Bonchev–Trinajstić information content (AvgIpc) is 3.10. The molecule has 0 heterocycles. The van der Waals surface area contributed by atoms with Gasteiger partial charge in [0.2, 0.25) is 0 Å². The predicted molar refractivity (Wildman–Crippen MR) is 67.6 cm³/mol. The Labute approximate surface area is 110 Å². The van der Waals surface area contributed by atoms with Crippen LogP contribution in [0.25, 0.3) is 0 Å². The van der Waals surface area contributed by atoms with Crippen molar-refractivity contribution in [1.82, 2.24) is 5.32 Å². The molecule has 0 aliphatic heterocycles. The van der Waals surface area contributed by atoms with Gasteiger partial charge < -0.3 is 15.7 Å². The van der Waals surface area contributed by atoms with Crippen LogP contribution >= 0.6 is 0 Å². The lowest BCUT2D eigenvalue weighted by atomic mass is 10.1. The Balaban J connectivity index is 2.10. The highest BCUT2D eigenvalue weighted by Gasteiger charge is 2.51. The van der Waals surface area contributed by atoms with E-state index in [1.165, 1.54) is 0 Å². The number of carbonyl (C=O) groups is 2. The number of carbonyl (C=O) groups excluding carboxylic acids is 1. The first kappa shape index (κ1) is 12.9. The first-order valence-electron chi connectivity index (χ1n) is 5.81. The third-order valence-electron chi connectivity index (χ3n) is 3.14. The maximum absolute atomic E-state index is 11.8. The molecule has 0 saturated heterocycles. The van der Waals surface area contributed by atoms with Crippen LogP contribution in [0.5, 0.6) is 0 Å². The van der Waals surface area contributed by atoms with Crippen LogP contribution in [-0.2, 0) is 4.79 Å². The van der Waals surface area contributed by atoms with Crippen LogP contribution in [0.3, 0.4) is 0 Å². The van der Waals surface area contributed by atoms with Gasteiger partial charge in [-0.3, -0.25) is 0 Å². The van der Waals surface area contributed by atoms with Crippen molar-refractivity contribution in [2.75, 3.05) is 5.32 Å². The molecule has 1 saturated carbocycles. The van der Waals surface area contributed by atoms with Gasteiger partial charge in [-0.2, -0.15) is 5.26 Å². The molecule has 0 atom stereocenters. The van der Waals surface area contributed by atoms with Crippen molar-refractivity contribution in [2.45, 2.75) is 25.3 Å². The highest BCUT2D eigenvalue weighted by molar-refractivity contribution is 5.96. The second kappa shape index (κ2) is 4.61. The monoisotopic (exact) mass is 259 g/mol. The number of rotatable bonds is 3. The zero-order valence-electron chi connectivity index (χ0n) is 10.4. The van der Waals surface area contributed by atoms with Gasteiger partial charge in [0, 0.05) is 0 Å². The second-order valence-corrected chi connectivity index (χ2v) is 4.58. The molecule has 98 valence electrons. The van der Waals surface area contributed by atoms with Crippen LogP contribution in [0.4, 0.5) is 10.5 Å². The Morgan fingerprint density at radius 1 is 1.42 bits per heavy atom. The summed E-state index contributed by atoms with van der Waals surface area (Å²) in [5.41, 5.74) is 0.361. The van der Waals surface area contributed by atoms with Crippen LogP contribution in [0.15, 0.2) is 18.2 Å². The van der Waals surface area contributed by atoms with E-state index in [2.05, 4.69) is 10.6 Å². The Hall–Kier alpha value is -2.55. The van der Waals surface area contributed by atoms with E-state index in [1.807, 2.05) is 6.07 Å². The molecular formula is C13H13N3O3. The van der Waals surface area contributed by atoms with Gasteiger partial charge in [-0.15, -0.1) is 0 Å². The van der Waals surface area contributed by atoms with Crippen molar-refractivity contribution < 1.29 is 14.7 Å². The fourth-order valence-corrected chi connectivity index (χ4v) is 1.81. The number of carboxylic acids is 1. The van der Waals surface area contributed by atoms with Crippen molar-refractivity contribution in [3.63, 3.8) is 0 Å². The number of benzene rings is 1. The van der Waals surface area contributed by atoms with Crippen molar-refractivity contribution >= 4 is 17.7 Å². The lowest BCUT2D eigenvalue weighted by Crippen LogP contribution is -2.45. The molecule has 2 rings (SSSR count). The molecule has 1 aliphatic rings. The number of carboxylic acid groups (broad SMARTS) is 1. The third-order valence-corrected chi connectivity index (χ3v) is 3.14. The molecule has 0 unspecified atom stereocenters. The molecule has 1 aromatic carbocycles. The fourth-order valence-electron chi connectivity index (χ4n) is 1.81. The van der Waals surface area contributed by atoms with E-state index in [1.54, 1.807) is 25.1 Å². The summed E-state index contributed by atoms with van der Waals surface area (Å²) in [6.45, 7) is 1.77. The second-order valence-electron chi connectivity index (χ2n) is 4.58. The van der Waals surface area contributed by atoms with Crippen LogP contribution in [0.2, 0.25) is 0 Å². The summed E-state index contributed by atoms with van der Waals surface area (Å²) in [5, 5.41) is 22.9. The summed E-state index contributed by atoms with van der Waals surface area (Å²) < 4.78 is 0. The first-order chi connectivity index (χ1) is 8.98. The summed E-state index contributed by atoms with van der Waals surface area (Å²) in [7, 11) is 0. The first-order valence-corrected chi connectivity index (χ1v) is 5.81. The summed E-state index contributed by atoms with van der Waals surface area (Å²) in [4.78, 5) is 22.7. The van der Waals surface area contributed by atoms with E-state index in [0.29, 0.717) is 24.1 Å². The maximum Gasteiger partial charge on any atom is 0.329 e. The van der Waals surface area contributed by atoms with Gasteiger partial charge in [0.25, 0.3) is 0 Å². The third kappa shape index (κ3) is 2.50.